The van der Waals surface area contributed by atoms with Gasteiger partial charge in [-0.1, -0.05) is 12.1 Å². The highest BCUT2D eigenvalue weighted by Crippen LogP contribution is 2.37. The summed E-state index contributed by atoms with van der Waals surface area (Å²) in [6.45, 7) is 0.276. The van der Waals surface area contributed by atoms with Gasteiger partial charge in [0.15, 0.2) is 11.5 Å². The first kappa shape index (κ1) is 19.2. The van der Waals surface area contributed by atoms with Crippen LogP contribution in [0.4, 0.5) is 0 Å². The predicted molar refractivity (Wildman–Crippen MR) is 97.9 cm³/mol. The van der Waals surface area contributed by atoms with Crippen molar-refractivity contribution in [3.05, 3.63) is 53.6 Å². The van der Waals surface area contributed by atoms with E-state index in [0.29, 0.717) is 12.0 Å². The molecule has 0 aliphatic heterocycles. The Bertz CT molecular complexity index is 739. The maximum absolute atomic E-state index is 11.8. The lowest BCUT2D eigenvalue weighted by molar-refractivity contribution is -0.137. The summed E-state index contributed by atoms with van der Waals surface area (Å²) in [5.41, 5.74) is 1.69. The minimum Gasteiger partial charge on any atom is -0.502 e. The Kier molecular flexibility index (Phi) is 6.91. The fourth-order valence-electron chi connectivity index (χ4n) is 2.28. The van der Waals surface area contributed by atoms with Crippen molar-refractivity contribution in [2.24, 2.45) is 0 Å². The molecule has 6 heteroatoms. The van der Waals surface area contributed by atoms with Crippen LogP contribution in [0, 0.1) is 0 Å². The molecule has 0 unspecified atom stereocenters. The maximum atomic E-state index is 11.8. The molecule has 6 nitrogen and oxygen atoms in total. The third-order valence-electron chi connectivity index (χ3n) is 3.71. The molecule has 0 fully saturated rings. The van der Waals surface area contributed by atoms with Crippen LogP contribution in [0.1, 0.15) is 11.1 Å². The Morgan fingerprint density at radius 2 is 1.62 bits per heavy atom. The van der Waals surface area contributed by atoms with Crippen molar-refractivity contribution in [2.75, 3.05) is 27.9 Å². The zero-order chi connectivity index (χ0) is 18.9. The molecule has 0 aliphatic rings. The molecule has 0 heterocycles. The Hall–Kier alpha value is -3.15. The molecule has 0 radical (unpaired) electrons. The summed E-state index contributed by atoms with van der Waals surface area (Å²) in [4.78, 5) is 11.8. The van der Waals surface area contributed by atoms with Crippen molar-refractivity contribution < 1.29 is 28.8 Å². The molecule has 0 aliphatic carbocycles. The van der Waals surface area contributed by atoms with E-state index in [1.807, 2.05) is 24.3 Å². The normalized spacial score (nSPS) is 10.6. The van der Waals surface area contributed by atoms with Crippen LogP contribution in [0.2, 0.25) is 0 Å². The molecule has 0 saturated heterocycles. The smallest absolute Gasteiger partial charge is 0.330 e. The summed E-state index contributed by atoms with van der Waals surface area (Å²) in [5, 5.41) is 9.87. The van der Waals surface area contributed by atoms with E-state index in [9.17, 15) is 9.90 Å². The molecular weight excluding hydrogens is 336 g/mol. The van der Waals surface area contributed by atoms with Crippen molar-refractivity contribution in [3.63, 3.8) is 0 Å². The molecular formula is C20H22O6. The largest absolute Gasteiger partial charge is 0.502 e. The van der Waals surface area contributed by atoms with Crippen LogP contribution >= 0.6 is 0 Å². The monoisotopic (exact) mass is 358 g/mol. The second-order valence-corrected chi connectivity index (χ2v) is 5.37. The number of hydrogen-bond donors (Lipinski definition) is 1. The van der Waals surface area contributed by atoms with Crippen molar-refractivity contribution in [2.45, 2.75) is 6.42 Å². The van der Waals surface area contributed by atoms with Crippen LogP contribution in [0.5, 0.6) is 23.0 Å². The van der Waals surface area contributed by atoms with E-state index in [1.54, 1.807) is 25.3 Å². The molecule has 0 atom stereocenters. The lowest BCUT2D eigenvalue weighted by Gasteiger charge is -2.09. The Morgan fingerprint density at radius 1 is 1.00 bits per heavy atom. The topological polar surface area (TPSA) is 74.2 Å². The van der Waals surface area contributed by atoms with Gasteiger partial charge in [-0.15, -0.1) is 0 Å². The van der Waals surface area contributed by atoms with Gasteiger partial charge < -0.3 is 24.1 Å². The second kappa shape index (κ2) is 9.36. The third-order valence-corrected chi connectivity index (χ3v) is 3.71. The fraction of sp³-hybridized carbons (Fsp3) is 0.250. The lowest BCUT2D eigenvalue weighted by Crippen LogP contribution is -2.04. The summed E-state index contributed by atoms with van der Waals surface area (Å²) >= 11 is 0. The number of rotatable bonds is 8. The first-order valence-corrected chi connectivity index (χ1v) is 8.00. The molecule has 2 rings (SSSR count). The van der Waals surface area contributed by atoms with Gasteiger partial charge >= 0.3 is 5.97 Å². The molecule has 2 aromatic carbocycles. The maximum Gasteiger partial charge on any atom is 0.330 e. The SMILES string of the molecule is COc1ccc(CCOC(=O)/C=C/c2cc(OC)c(O)c(OC)c2)cc1. The quantitative estimate of drug-likeness (QED) is 0.577. The van der Waals surface area contributed by atoms with Gasteiger partial charge in [-0.2, -0.15) is 0 Å². The van der Waals surface area contributed by atoms with Gasteiger partial charge in [0, 0.05) is 12.5 Å². The molecule has 138 valence electrons. The number of aromatic hydroxyl groups is 1. The third kappa shape index (κ3) is 5.17. The Morgan fingerprint density at radius 3 is 2.15 bits per heavy atom. The molecule has 26 heavy (non-hydrogen) atoms. The molecule has 0 amide bonds. The number of methoxy groups -OCH3 is 3. The Balaban J connectivity index is 1.90. The molecule has 2 aromatic rings. The Labute approximate surface area is 152 Å². The van der Waals surface area contributed by atoms with Gasteiger partial charge in [0.05, 0.1) is 27.9 Å². The molecule has 0 bridgehead atoms. The van der Waals surface area contributed by atoms with Crippen LogP contribution in [-0.4, -0.2) is 39.0 Å². The first-order valence-electron chi connectivity index (χ1n) is 8.00. The number of phenols is 1. The van der Waals surface area contributed by atoms with Gasteiger partial charge in [0.2, 0.25) is 5.75 Å². The zero-order valence-electron chi connectivity index (χ0n) is 15.0. The van der Waals surface area contributed by atoms with Gasteiger partial charge in [0.25, 0.3) is 0 Å². The van der Waals surface area contributed by atoms with Crippen molar-refractivity contribution in [3.8, 4) is 23.0 Å². The van der Waals surface area contributed by atoms with E-state index >= 15 is 0 Å². The molecule has 0 aromatic heterocycles. The predicted octanol–water partition coefficient (Wildman–Crippen LogP) is 3.22. The van der Waals surface area contributed by atoms with Crippen LogP contribution in [-0.2, 0) is 16.0 Å². The summed E-state index contributed by atoms with van der Waals surface area (Å²) in [6, 6.07) is 10.8. The van der Waals surface area contributed by atoms with Crippen molar-refractivity contribution in [1.29, 1.82) is 0 Å². The van der Waals surface area contributed by atoms with Crippen LogP contribution in [0.15, 0.2) is 42.5 Å². The van der Waals surface area contributed by atoms with Gasteiger partial charge in [-0.25, -0.2) is 4.79 Å². The van der Waals surface area contributed by atoms with Crippen LogP contribution in [0.25, 0.3) is 6.08 Å². The van der Waals surface area contributed by atoms with Crippen molar-refractivity contribution in [1.82, 2.24) is 0 Å². The molecule has 1 N–H and O–H groups in total. The average molecular weight is 358 g/mol. The van der Waals surface area contributed by atoms with E-state index in [1.165, 1.54) is 20.3 Å². The molecule has 0 saturated carbocycles. The minimum atomic E-state index is -0.454. The number of benzene rings is 2. The zero-order valence-corrected chi connectivity index (χ0v) is 15.0. The fourth-order valence-corrected chi connectivity index (χ4v) is 2.28. The number of carbonyl (C=O) groups is 1. The van der Waals surface area contributed by atoms with Crippen molar-refractivity contribution >= 4 is 12.0 Å². The average Bonchev–Trinajstić information content (AvgIpc) is 2.67. The highest BCUT2D eigenvalue weighted by Gasteiger charge is 2.10. The van der Waals surface area contributed by atoms with Gasteiger partial charge in [-0.05, 0) is 41.5 Å². The minimum absolute atomic E-state index is 0.0887. The van der Waals surface area contributed by atoms with Gasteiger partial charge in [-0.3, -0.25) is 0 Å². The second-order valence-electron chi connectivity index (χ2n) is 5.37. The van der Waals surface area contributed by atoms with E-state index in [-0.39, 0.29) is 23.9 Å². The standard InChI is InChI=1S/C20H22O6/c1-23-16-7-4-14(5-8-16)10-11-26-19(21)9-6-15-12-17(24-2)20(22)18(13-15)25-3/h4-9,12-13,22H,10-11H2,1-3H3/b9-6+. The number of esters is 1. The summed E-state index contributed by atoms with van der Waals surface area (Å²) < 4.78 is 20.4. The first-order chi connectivity index (χ1) is 12.6. The summed E-state index contributed by atoms with van der Waals surface area (Å²) in [6.07, 6.45) is 3.50. The highest BCUT2D eigenvalue weighted by molar-refractivity contribution is 5.87. The number of phenolic OH excluding ortho intramolecular Hbond substituents is 1. The molecule has 0 spiro atoms. The van der Waals surface area contributed by atoms with Crippen LogP contribution < -0.4 is 14.2 Å². The van der Waals surface area contributed by atoms with E-state index in [2.05, 4.69) is 0 Å². The summed E-state index contributed by atoms with van der Waals surface area (Å²) in [7, 11) is 4.49. The van der Waals surface area contributed by atoms with E-state index in [0.717, 1.165) is 11.3 Å². The highest BCUT2D eigenvalue weighted by atomic mass is 16.5. The lowest BCUT2D eigenvalue weighted by atomic mass is 10.1. The van der Waals surface area contributed by atoms with Crippen LogP contribution in [0.3, 0.4) is 0 Å². The van der Waals surface area contributed by atoms with E-state index in [4.69, 9.17) is 18.9 Å². The number of carbonyl (C=O) groups excluding carboxylic acids is 1. The van der Waals surface area contributed by atoms with Gasteiger partial charge in [0.1, 0.15) is 5.75 Å². The van der Waals surface area contributed by atoms with E-state index < -0.39 is 5.97 Å². The number of ether oxygens (including phenoxy) is 4. The summed E-state index contributed by atoms with van der Waals surface area (Å²) in [5.74, 6) is 0.765. The number of hydrogen-bond acceptors (Lipinski definition) is 6.